The third kappa shape index (κ3) is 1.40. The quantitative estimate of drug-likeness (QED) is 0.492. The summed E-state index contributed by atoms with van der Waals surface area (Å²) in [5, 5.41) is 10.2. The second-order valence-electron chi connectivity index (χ2n) is 2.23. The summed E-state index contributed by atoms with van der Waals surface area (Å²) in [5.41, 5.74) is 2.79. The lowest BCUT2D eigenvalue weighted by atomic mass is 10.2. The van der Waals surface area contributed by atoms with Gasteiger partial charge in [0.2, 0.25) is 0 Å². The van der Waals surface area contributed by atoms with Gasteiger partial charge >= 0.3 is 5.97 Å². The van der Waals surface area contributed by atoms with Gasteiger partial charge in [0.25, 0.3) is 0 Å². The molecule has 4 heteroatoms. The highest BCUT2D eigenvalue weighted by molar-refractivity contribution is 5.73. The van der Waals surface area contributed by atoms with Gasteiger partial charge in [-0.15, -0.1) is 0 Å². The molecule has 1 unspecified atom stereocenters. The molecule has 1 aliphatic heterocycles. The summed E-state index contributed by atoms with van der Waals surface area (Å²) in [6.07, 6.45) is 0.700. The van der Waals surface area contributed by atoms with Crippen molar-refractivity contribution in [2.24, 2.45) is 0 Å². The Hall–Kier alpha value is -0.610. The van der Waals surface area contributed by atoms with Gasteiger partial charge in [0.05, 0.1) is 0 Å². The number of nitrogens with one attached hydrogen (secondary N) is 1. The summed E-state index contributed by atoms with van der Waals surface area (Å²) in [5.74, 6) is -0.764. The van der Waals surface area contributed by atoms with Gasteiger partial charge in [-0.1, -0.05) is 0 Å². The van der Waals surface area contributed by atoms with E-state index in [1.54, 1.807) is 5.01 Å². The first-order valence-electron chi connectivity index (χ1n) is 2.90. The first kappa shape index (κ1) is 6.51. The molecule has 0 spiro atoms. The highest BCUT2D eigenvalue weighted by Crippen LogP contribution is 2.01. The van der Waals surface area contributed by atoms with Crippen LogP contribution in [0.15, 0.2) is 0 Å². The lowest BCUT2D eigenvalue weighted by Gasteiger charge is -2.07. The van der Waals surface area contributed by atoms with Gasteiger partial charge in [-0.05, 0) is 6.42 Å². The Balaban J connectivity index is 2.39. The maximum absolute atomic E-state index is 10.3. The topological polar surface area (TPSA) is 52.6 Å². The predicted molar refractivity (Wildman–Crippen MR) is 31.8 cm³/mol. The van der Waals surface area contributed by atoms with Crippen LogP contribution in [0.5, 0.6) is 0 Å². The molecule has 0 amide bonds. The van der Waals surface area contributed by atoms with Crippen LogP contribution in [0.3, 0.4) is 0 Å². The lowest BCUT2D eigenvalue weighted by Crippen LogP contribution is -2.37. The zero-order chi connectivity index (χ0) is 6.85. The van der Waals surface area contributed by atoms with E-state index in [2.05, 4.69) is 5.43 Å². The Kier molecular flexibility index (Phi) is 1.68. The highest BCUT2D eigenvalue weighted by Gasteiger charge is 2.24. The number of hydrazine groups is 1. The summed E-state index contributed by atoms with van der Waals surface area (Å²) in [4.78, 5) is 10.3. The largest absolute Gasteiger partial charge is 0.480 e. The Morgan fingerprint density at radius 1 is 1.89 bits per heavy atom. The van der Waals surface area contributed by atoms with Crippen molar-refractivity contribution in [1.29, 1.82) is 0 Å². The average Bonchev–Trinajstić information content (AvgIpc) is 2.14. The molecule has 1 heterocycles. The Morgan fingerprint density at radius 2 is 2.56 bits per heavy atom. The van der Waals surface area contributed by atoms with Gasteiger partial charge in [0, 0.05) is 13.6 Å². The van der Waals surface area contributed by atoms with Gasteiger partial charge in [0.15, 0.2) is 0 Å². The van der Waals surface area contributed by atoms with E-state index in [4.69, 9.17) is 5.11 Å². The van der Waals surface area contributed by atoms with Crippen LogP contribution in [0.25, 0.3) is 0 Å². The van der Waals surface area contributed by atoms with Crippen LogP contribution in [0, 0.1) is 0 Å². The van der Waals surface area contributed by atoms with Crippen LogP contribution in [0.2, 0.25) is 0 Å². The summed E-state index contributed by atoms with van der Waals surface area (Å²) in [6.45, 7) is 0.816. The molecule has 1 rings (SSSR count). The number of rotatable bonds is 1. The molecule has 0 radical (unpaired) electrons. The minimum absolute atomic E-state index is 0.366. The average molecular weight is 130 g/mol. The molecule has 1 aliphatic rings. The number of carboxylic acids is 1. The molecular formula is C5H10N2O2. The van der Waals surface area contributed by atoms with E-state index in [9.17, 15) is 4.79 Å². The SMILES string of the molecule is CN1CCC(C(=O)O)N1. The lowest BCUT2D eigenvalue weighted by molar-refractivity contribution is -0.139. The number of nitrogens with zero attached hydrogens (tertiary/aromatic N) is 1. The molecule has 0 bridgehead atoms. The predicted octanol–water partition coefficient (Wildman–Crippen LogP) is -0.720. The van der Waals surface area contributed by atoms with Gasteiger partial charge in [-0.3, -0.25) is 4.79 Å². The standard InChI is InChI=1S/C5H10N2O2/c1-7-3-2-4(6-7)5(8)9/h4,6H,2-3H2,1H3,(H,8,9). The van der Waals surface area contributed by atoms with E-state index in [1.165, 1.54) is 0 Å². The second-order valence-corrected chi connectivity index (χ2v) is 2.23. The van der Waals surface area contributed by atoms with Crippen LogP contribution >= 0.6 is 0 Å². The summed E-state index contributed by atoms with van der Waals surface area (Å²) < 4.78 is 0. The fourth-order valence-corrected chi connectivity index (χ4v) is 0.897. The zero-order valence-corrected chi connectivity index (χ0v) is 5.29. The molecule has 2 N–H and O–H groups in total. The number of aliphatic carboxylic acids is 1. The molecule has 52 valence electrons. The first-order chi connectivity index (χ1) is 4.20. The van der Waals surface area contributed by atoms with Crippen molar-refractivity contribution < 1.29 is 9.90 Å². The van der Waals surface area contributed by atoms with E-state index in [1.807, 2.05) is 7.05 Å². The van der Waals surface area contributed by atoms with Gasteiger partial charge in [-0.2, -0.15) is 0 Å². The molecule has 1 atom stereocenters. The molecule has 0 saturated carbocycles. The Morgan fingerprint density at radius 3 is 2.78 bits per heavy atom. The van der Waals surface area contributed by atoms with Crippen molar-refractivity contribution in [3.63, 3.8) is 0 Å². The van der Waals surface area contributed by atoms with Crippen molar-refractivity contribution in [2.45, 2.75) is 12.5 Å². The minimum Gasteiger partial charge on any atom is -0.480 e. The van der Waals surface area contributed by atoms with E-state index < -0.39 is 5.97 Å². The van der Waals surface area contributed by atoms with E-state index >= 15 is 0 Å². The summed E-state index contributed by atoms with van der Waals surface area (Å²) in [7, 11) is 1.84. The summed E-state index contributed by atoms with van der Waals surface area (Å²) in [6, 6.07) is -0.366. The van der Waals surface area contributed by atoms with Crippen molar-refractivity contribution >= 4 is 5.97 Å². The van der Waals surface area contributed by atoms with E-state index in [0.717, 1.165) is 6.54 Å². The number of hydrogen-bond acceptors (Lipinski definition) is 3. The Bertz CT molecular complexity index is 126. The molecule has 0 aromatic carbocycles. The maximum Gasteiger partial charge on any atom is 0.322 e. The summed E-state index contributed by atoms with van der Waals surface area (Å²) >= 11 is 0. The highest BCUT2D eigenvalue weighted by atomic mass is 16.4. The number of hydrogen-bond donors (Lipinski definition) is 2. The van der Waals surface area contributed by atoms with Crippen molar-refractivity contribution in [1.82, 2.24) is 10.4 Å². The van der Waals surface area contributed by atoms with Crippen LogP contribution in [-0.4, -0.2) is 35.7 Å². The molecule has 1 fully saturated rings. The molecular weight excluding hydrogens is 120 g/mol. The van der Waals surface area contributed by atoms with E-state index in [0.29, 0.717) is 6.42 Å². The Labute approximate surface area is 53.4 Å². The van der Waals surface area contributed by atoms with Crippen molar-refractivity contribution in [2.75, 3.05) is 13.6 Å². The van der Waals surface area contributed by atoms with Gasteiger partial charge in [-0.25, -0.2) is 10.4 Å². The molecule has 9 heavy (non-hydrogen) atoms. The van der Waals surface area contributed by atoms with Crippen molar-refractivity contribution in [3.8, 4) is 0 Å². The molecule has 1 saturated heterocycles. The van der Waals surface area contributed by atoms with Crippen LogP contribution < -0.4 is 5.43 Å². The maximum atomic E-state index is 10.3. The van der Waals surface area contributed by atoms with Gasteiger partial charge < -0.3 is 5.11 Å². The van der Waals surface area contributed by atoms with Crippen LogP contribution in [0.4, 0.5) is 0 Å². The van der Waals surface area contributed by atoms with Gasteiger partial charge in [0.1, 0.15) is 6.04 Å². The molecule has 4 nitrogen and oxygen atoms in total. The molecule has 0 aromatic rings. The fraction of sp³-hybridized carbons (Fsp3) is 0.800. The minimum atomic E-state index is -0.764. The molecule has 0 aromatic heterocycles. The molecule has 0 aliphatic carbocycles. The number of carboxylic acid groups (broad SMARTS) is 1. The second kappa shape index (κ2) is 2.33. The monoisotopic (exact) mass is 130 g/mol. The van der Waals surface area contributed by atoms with Crippen molar-refractivity contribution in [3.05, 3.63) is 0 Å². The number of carbonyl (C=O) groups is 1. The first-order valence-corrected chi connectivity index (χ1v) is 2.90. The van der Waals surface area contributed by atoms with E-state index in [-0.39, 0.29) is 6.04 Å². The third-order valence-corrected chi connectivity index (χ3v) is 1.43. The smallest absolute Gasteiger partial charge is 0.322 e. The van der Waals surface area contributed by atoms with Crippen LogP contribution in [-0.2, 0) is 4.79 Å². The fourth-order valence-electron chi connectivity index (χ4n) is 0.897. The third-order valence-electron chi connectivity index (χ3n) is 1.43. The normalized spacial score (nSPS) is 28.8. The zero-order valence-electron chi connectivity index (χ0n) is 5.29. The van der Waals surface area contributed by atoms with Crippen LogP contribution in [0.1, 0.15) is 6.42 Å².